The SMILES string of the molecule is CC1=Cc2c(c(-c3ccccc3S(C)(O)O)cc3nnc(C)n23)[NH2+]1. The Kier molecular flexibility index (Phi) is 3.29. The van der Waals surface area contributed by atoms with E-state index >= 15 is 0 Å². The number of nitrogens with two attached hydrogens (primary N) is 1. The van der Waals surface area contributed by atoms with Crippen molar-refractivity contribution in [3.05, 3.63) is 47.5 Å². The van der Waals surface area contributed by atoms with Crippen molar-refractivity contribution in [3.8, 4) is 11.1 Å². The highest BCUT2D eigenvalue weighted by molar-refractivity contribution is 8.23. The van der Waals surface area contributed by atoms with Gasteiger partial charge in [-0.25, -0.2) is 0 Å². The number of quaternary nitrogens is 1. The van der Waals surface area contributed by atoms with Crippen LogP contribution in [0.3, 0.4) is 0 Å². The molecule has 0 atom stereocenters. The Hall–Kier alpha value is -2.19. The largest absolute Gasteiger partial charge is 0.295 e. The minimum absolute atomic E-state index is 0.547. The average Bonchev–Trinajstić information content (AvgIpc) is 3.08. The molecule has 6 nitrogen and oxygen atoms in total. The minimum Gasteiger partial charge on any atom is -0.295 e. The average molecular weight is 343 g/mol. The normalized spacial score (nSPS) is 14.8. The molecule has 124 valence electrons. The van der Waals surface area contributed by atoms with Gasteiger partial charge in [-0.15, -0.1) is 10.2 Å². The van der Waals surface area contributed by atoms with Crippen molar-refractivity contribution in [2.75, 3.05) is 6.26 Å². The van der Waals surface area contributed by atoms with Gasteiger partial charge in [-0.1, -0.05) is 18.2 Å². The third kappa shape index (κ3) is 2.25. The number of hydrogen-bond acceptors (Lipinski definition) is 4. The fourth-order valence-electron chi connectivity index (χ4n) is 3.26. The molecule has 7 heteroatoms. The molecule has 1 aliphatic heterocycles. The zero-order valence-electron chi connectivity index (χ0n) is 13.7. The summed E-state index contributed by atoms with van der Waals surface area (Å²) in [5.74, 6) is 0.834. The van der Waals surface area contributed by atoms with Gasteiger partial charge in [0, 0.05) is 24.8 Å². The van der Waals surface area contributed by atoms with Crippen molar-refractivity contribution in [3.63, 3.8) is 0 Å². The number of aryl methyl sites for hydroxylation is 1. The Bertz CT molecular complexity index is 1000. The van der Waals surface area contributed by atoms with E-state index in [9.17, 15) is 9.11 Å². The maximum Gasteiger partial charge on any atom is 0.167 e. The van der Waals surface area contributed by atoms with Crippen molar-refractivity contribution >= 4 is 28.0 Å². The maximum atomic E-state index is 10.2. The number of allylic oxidation sites excluding steroid dienone is 1. The standard InChI is InChI=1S/C17H18N4O2S/c1-10-8-14-17(18-10)13(9-16-20-19-11(2)21(14)16)12-6-4-5-7-15(12)24(3,22)23/h4-9,18,22-23H,1-3H3/p+1. The van der Waals surface area contributed by atoms with E-state index in [0.717, 1.165) is 39.7 Å². The summed E-state index contributed by atoms with van der Waals surface area (Å²) in [6, 6.07) is 9.38. The fourth-order valence-corrected chi connectivity index (χ4v) is 4.19. The summed E-state index contributed by atoms with van der Waals surface area (Å²) in [7, 11) is -2.83. The first-order valence-electron chi connectivity index (χ1n) is 7.60. The number of nitrogens with zero attached hydrogens (tertiary/aromatic N) is 3. The molecule has 0 saturated heterocycles. The molecule has 4 N–H and O–H groups in total. The molecule has 24 heavy (non-hydrogen) atoms. The van der Waals surface area contributed by atoms with E-state index in [1.54, 1.807) is 6.07 Å². The van der Waals surface area contributed by atoms with Crippen molar-refractivity contribution in [2.24, 2.45) is 0 Å². The van der Waals surface area contributed by atoms with Crippen molar-refractivity contribution in [1.82, 2.24) is 14.6 Å². The summed E-state index contributed by atoms with van der Waals surface area (Å²) in [6.45, 7) is 3.98. The topological polar surface area (TPSA) is 87.3 Å². The monoisotopic (exact) mass is 343 g/mol. The Morgan fingerprint density at radius 3 is 2.58 bits per heavy atom. The predicted molar refractivity (Wildman–Crippen MR) is 95.4 cm³/mol. The van der Waals surface area contributed by atoms with Crippen molar-refractivity contribution < 1.29 is 14.4 Å². The van der Waals surface area contributed by atoms with Crippen LogP contribution in [0.1, 0.15) is 18.4 Å². The predicted octanol–water partition coefficient (Wildman–Crippen LogP) is 3.01. The Balaban J connectivity index is 2.07. The molecule has 2 aromatic heterocycles. The maximum absolute atomic E-state index is 10.2. The van der Waals surface area contributed by atoms with Crippen LogP contribution in [0.5, 0.6) is 0 Å². The summed E-state index contributed by atoms with van der Waals surface area (Å²) in [6.07, 6.45) is 3.56. The molecule has 3 aromatic rings. The zero-order chi connectivity index (χ0) is 17.1. The van der Waals surface area contributed by atoms with Crippen LogP contribution in [0.4, 0.5) is 5.69 Å². The highest BCUT2D eigenvalue weighted by Gasteiger charge is 2.27. The van der Waals surface area contributed by atoms with Gasteiger partial charge in [0.15, 0.2) is 11.3 Å². The number of hydrogen-bond donors (Lipinski definition) is 3. The molecule has 0 radical (unpaired) electrons. The number of aromatic nitrogens is 3. The molecule has 0 aliphatic carbocycles. The van der Waals surface area contributed by atoms with E-state index in [1.807, 2.05) is 35.6 Å². The van der Waals surface area contributed by atoms with E-state index < -0.39 is 10.6 Å². The summed E-state index contributed by atoms with van der Waals surface area (Å²) in [4.78, 5) is 0.547. The lowest BCUT2D eigenvalue weighted by Crippen LogP contribution is -2.73. The second-order valence-corrected chi connectivity index (χ2v) is 8.27. The highest BCUT2D eigenvalue weighted by atomic mass is 32.3. The first-order chi connectivity index (χ1) is 11.4. The molecule has 0 amide bonds. The summed E-state index contributed by atoms with van der Waals surface area (Å²) in [5.41, 5.74) is 5.74. The van der Waals surface area contributed by atoms with E-state index in [0.29, 0.717) is 4.90 Å². The lowest BCUT2D eigenvalue weighted by Gasteiger charge is -2.29. The molecule has 1 aliphatic rings. The number of benzene rings is 1. The number of pyridine rings is 1. The van der Waals surface area contributed by atoms with Crippen LogP contribution in [0.15, 0.2) is 40.9 Å². The van der Waals surface area contributed by atoms with Crippen LogP contribution >= 0.6 is 10.6 Å². The molecule has 4 rings (SSSR count). The lowest BCUT2D eigenvalue weighted by atomic mass is 10.0. The van der Waals surface area contributed by atoms with Gasteiger partial charge in [-0.3, -0.25) is 18.8 Å². The molecule has 0 saturated carbocycles. The first-order valence-corrected chi connectivity index (χ1v) is 9.56. The Morgan fingerprint density at radius 2 is 1.83 bits per heavy atom. The smallest absolute Gasteiger partial charge is 0.167 e. The van der Waals surface area contributed by atoms with Crippen molar-refractivity contribution in [2.45, 2.75) is 18.7 Å². The molecular weight excluding hydrogens is 324 g/mol. The van der Waals surface area contributed by atoms with Gasteiger partial charge in [0.1, 0.15) is 17.2 Å². The molecule has 3 heterocycles. The van der Waals surface area contributed by atoms with Gasteiger partial charge < -0.3 is 0 Å². The summed E-state index contributed by atoms with van der Waals surface area (Å²) in [5, 5.41) is 10.5. The van der Waals surface area contributed by atoms with Gasteiger partial charge in [0.05, 0.1) is 10.5 Å². The van der Waals surface area contributed by atoms with Gasteiger partial charge in [-0.2, -0.15) is 10.6 Å². The molecule has 0 bridgehead atoms. The lowest BCUT2D eigenvalue weighted by molar-refractivity contribution is -0.511. The second kappa shape index (κ2) is 5.15. The van der Waals surface area contributed by atoms with Crippen LogP contribution in [0.2, 0.25) is 0 Å². The van der Waals surface area contributed by atoms with E-state index in [-0.39, 0.29) is 0 Å². The third-order valence-corrected chi connectivity index (χ3v) is 5.45. The van der Waals surface area contributed by atoms with E-state index in [2.05, 4.69) is 28.5 Å². The Labute approximate surface area is 141 Å². The summed E-state index contributed by atoms with van der Waals surface area (Å²) >= 11 is 0. The fraction of sp³-hybridized carbons (Fsp3) is 0.176. The van der Waals surface area contributed by atoms with Crippen LogP contribution in [0.25, 0.3) is 22.9 Å². The summed E-state index contributed by atoms with van der Waals surface area (Å²) < 4.78 is 22.5. The first kappa shape index (κ1) is 15.3. The zero-order valence-corrected chi connectivity index (χ0v) is 14.5. The number of rotatable bonds is 2. The van der Waals surface area contributed by atoms with Gasteiger partial charge in [-0.05, 0) is 19.1 Å². The van der Waals surface area contributed by atoms with Crippen molar-refractivity contribution in [1.29, 1.82) is 0 Å². The molecule has 0 unspecified atom stereocenters. The van der Waals surface area contributed by atoms with E-state index in [4.69, 9.17) is 0 Å². The number of fused-ring (bicyclic) bond motifs is 3. The van der Waals surface area contributed by atoms with E-state index in [1.165, 1.54) is 6.26 Å². The minimum atomic E-state index is -2.83. The van der Waals surface area contributed by atoms with Gasteiger partial charge in [0.2, 0.25) is 0 Å². The van der Waals surface area contributed by atoms with Gasteiger partial charge in [0.25, 0.3) is 0 Å². The van der Waals surface area contributed by atoms with Crippen LogP contribution < -0.4 is 5.32 Å². The molecule has 0 spiro atoms. The molecule has 1 aromatic carbocycles. The highest BCUT2D eigenvalue weighted by Crippen LogP contribution is 2.50. The molecule has 0 fully saturated rings. The molecular formula is C17H19N4O2S+. The van der Waals surface area contributed by atoms with Crippen LogP contribution in [-0.4, -0.2) is 30.0 Å². The van der Waals surface area contributed by atoms with Crippen LogP contribution in [-0.2, 0) is 0 Å². The second-order valence-electron chi connectivity index (χ2n) is 6.16. The third-order valence-electron chi connectivity index (χ3n) is 4.26. The Morgan fingerprint density at radius 1 is 1.08 bits per heavy atom. The van der Waals surface area contributed by atoms with Crippen LogP contribution in [0, 0.1) is 6.92 Å². The quantitative estimate of drug-likeness (QED) is 0.667. The van der Waals surface area contributed by atoms with Gasteiger partial charge >= 0.3 is 0 Å².